The Bertz CT molecular complexity index is 774. The standard InChI is InChI=1S/C20H28N2O3S2/c1-26-18-13-16-7-8-17(14-18)22(16)20(23)15-5-9-19(10-6-15)27(24,25)21-11-3-2-4-12-21/h5-6,9-10,16-18H,2-4,7-8,11-14H2,1H3. The number of nitrogens with zero attached hydrogens (tertiary/aromatic N) is 2. The van der Waals surface area contributed by atoms with Crippen LogP contribution in [0.15, 0.2) is 29.2 Å². The van der Waals surface area contributed by atoms with Gasteiger partial charge in [-0.2, -0.15) is 16.1 Å². The van der Waals surface area contributed by atoms with Gasteiger partial charge in [0.15, 0.2) is 0 Å². The Morgan fingerprint density at radius 1 is 1.00 bits per heavy atom. The fourth-order valence-electron chi connectivity index (χ4n) is 4.82. The molecule has 2 unspecified atom stereocenters. The number of fused-ring (bicyclic) bond motifs is 2. The van der Waals surface area contributed by atoms with Crippen molar-refractivity contribution in [2.24, 2.45) is 0 Å². The molecule has 3 saturated heterocycles. The van der Waals surface area contributed by atoms with E-state index in [1.54, 1.807) is 28.6 Å². The minimum Gasteiger partial charge on any atom is -0.333 e. The van der Waals surface area contributed by atoms with Crippen LogP contribution in [0.5, 0.6) is 0 Å². The van der Waals surface area contributed by atoms with Crippen LogP contribution in [-0.2, 0) is 10.0 Å². The fourth-order valence-corrected chi connectivity index (χ4v) is 7.17. The minimum absolute atomic E-state index is 0.0592. The highest BCUT2D eigenvalue weighted by Crippen LogP contribution is 2.40. The maximum absolute atomic E-state index is 13.1. The van der Waals surface area contributed by atoms with Crippen LogP contribution in [0.4, 0.5) is 0 Å². The van der Waals surface area contributed by atoms with E-state index in [0.717, 1.165) is 44.9 Å². The highest BCUT2D eigenvalue weighted by molar-refractivity contribution is 7.99. The number of benzene rings is 1. The third-order valence-corrected chi connectivity index (χ3v) is 9.28. The van der Waals surface area contributed by atoms with Crippen LogP contribution in [0.25, 0.3) is 0 Å². The van der Waals surface area contributed by atoms with E-state index in [-0.39, 0.29) is 5.91 Å². The van der Waals surface area contributed by atoms with Gasteiger partial charge in [0.05, 0.1) is 4.90 Å². The molecular weight excluding hydrogens is 380 g/mol. The second-order valence-corrected chi connectivity index (χ2v) is 11.0. The van der Waals surface area contributed by atoms with Gasteiger partial charge in [-0.15, -0.1) is 0 Å². The summed E-state index contributed by atoms with van der Waals surface area (Å²) in [5.41, 5.74) is 0.604. The number of carbonyl (C=O) groups is 1. The average molecular weight is 409 g/mol. The van der Waals surface area contributed by atoms with Gasteiger partial charge in [-0.1, -0.05) is 6.42 Å². The monoisotopic (exact) mass is 408 g/mol. The van der Waals surface area contributed by atoms with Gasteiger partial charge in [-0.25, -0.2) is 8.42 Å². The molecule has 4 rings (SSSR count). The zero-order chi connectivity index (χ0) is 19.0. The van der Waals surface area contributed by atoms with Gasteiger partial charge in [0.1, 0.15) is 0 Å². The van der Waals surface area contributed by atoms with Gasteiger partial charge < -0.3 is 4.90 Å². The Hall–Kier alpha value is -1.05. The Kier molecular flexibility index (Phi) is 5.54. The van der Waals surface area contributed by atoms with E-state index in [9.17, 15) is 13.2 Å². The van der Waals surface area contributed by atoms with Gasteiger partial charge in [0.25, 0.3) is 5.91 Å². The van der Waals surface area contributed by atoms with E-state index in [1.165, 1.54) is 0 Å². The molecule has 5 nitrogen and oxygen atoms in total. The number of hydrogen-bond acceptors (Lipinski definition) is 4. The third-order valence-electron chi connectivity index (χ3n) is 6.31. The van der Waals surface area contributed by atoms with E-state index in [1.807, 2.05) is 11.8 Å². The van der Waals surface area contributed by atoms with Crippen LogP contribution in [0, 0.1) is 0 Å². The number of sulfonamides is 1. The molecule has 1 amide bonds. The molecule has 0 radical (unpaired) electrons. The average Bonchev–Trinajstić information content (AvgIpc) is 2.97. The molecule has 2 bridgehead atoms. The first-order valence-corrected chi connectivity index (χ1v) is 12.7. The molecule has 1 aromatic carbocycles. The van der Waals surface area contributed by atoms with E-state index in [4.69, 9.17) is 0 Å². The Morgan fingerprint density at radius 2 is 1.59 bits per heavy atom. The number of thioether (sulfide) groups is 1. The summed E-state index contributed by atoms with van der Waals surface area (Å²) >= 11 is 1.91. The molecule has 27 heavy (non-hydrogen) atoms. The molecule has 0 aromatic heterocycles. The van der Waals surface area contributed by atoms with Crippen molar-refractivity contribution < 1.29 is 13.2 Å². The van der Waals surface area contributed by atoms with Gasteiger partial charge in [0.2, 0.25) is 10.0 Å². The summed E-state index contributed by atoms with van der Waals surface area (Å²) in [6, 6.07) is 7.27. The predicted molar refractivity (Wildman–Crippen MR) is 109 cm³/mol. The van der Waals surface area contributed by atoms with Gasteiger partial charge >= 0.3 is 0 Å². The van der Waals surface area contributed by atoms with Crippen molar-refractivity contribution >= 4 is 27.7 Å². The molecular formula is C20H28N2O3S2. The first kappa shape index (κ1) is 19.3. The predicted octanol–water partition coefficient (Wildman–Crippen LogP) is 3.36. The SMILES string of the molecule is CSC1CC2CCC(C1)N2C(=O)c1ccc(S(=O)(=O)N2CCCCC2)cc1. The smallest absolute Gasteiger partial charge is 0.254 e. The van der Waals surface area contributed by atoms with Crippen LogP contribution in [-0.4, -0.2) is 60.2 Å². The number of amides is 1. The van der Waals surface area contributed by atoms with Gasteiger partial charge in [-0.05, 0) is 69.0 Å². The molecule has 3 fully saturated rings. The van der Waals surface area contributed by atoms with Crippen molar-refractivity contribution in [1.29, 1.82) is 0 Å². The lowest BCUT2D eigenvalue weighted by Crippen LogP contribution is -2.47. The number of hydrogen-bond donors (Lipinski definition) is 0. The first-order valence-electron chi connectivity index (χ1n) is 9.96. The fraction of sp³-hybridized carbons (Fsp3) is 0.650. The lowest BCUT2D eigenvalue weighted by Gasteiger charge is -2.38. The quantitative estimate of drug-likeness (QED) is 0.767. The molecule has 7 heteroatoms. The molecule has 3 aliphatic rings. The van der Waals surface area contributed by atoms with Crippen molar-refractivity contribution in [2.75, 3.05) is 19.3 Å². The lowest BCUT2D eigenvalue weighted by molar-refractivity contribution is 0.0601. The molecule has 3 heterocycles. The minimum atomic E-state index is -3.44. The Morgan fingerprint density at radius 3 is 2.15 bits per heavy atom. The van der Waals surface area contributed by atoms with Crippen molar-refractivity contribution in [3.05, 3.63) is 29.8 Å². The summed E-state index contributed by atoms with van der Waals surface area (Å²) < 4.78 is 27.1. The molecule has 2 atom stereocenters. The summed E-state index contributed by atoms with van der Waals surface area (Å²) in [6.45, 7) is 1.19. The molecule has 0 saturated carbocycles. The van der Waals surface area contributed by atoms with Crippen LogP contribution >= 0.6 is 11.8 Å². The zero-order valence-corrected chi connectivity index (χ0v) is 17.5. The summed E-state index contributed by atoms with van der Waals surface area (Å²) in [5.74, 6) is 0.0592. The molecule has 0 N–H and O–H groups in total. The highest BCUT2D eigenvalue weighted by Gasteiger charge is 2.43. The van der Waals surface area contributed by atoms with Crippen molar-refractivity contribution in [3.8, 4) is 0 Å². The normalized spacial score (nSPS) is 29.1. The van der Waals surface area contributed by atoms with Crippen LogP contribution in [0.3, 0.4) is 0 Å². The summed E-state index contributed by atoms with van der Waals surface area (Å²) in [5, 5.41) is 0.656. The second kappa shape index (κ2) is 7.76. The van der Waals surface area contributed by atoms with E-state index < -0.39 is 10.0 Å². The van der Waals surface area contributed by atoms with E-state index in [2.05, 4.69) is 11.2 Å². The van der Waals surface area contributed by atoms with Crippen LogP contribution in [0.2, 0.25) is 0 Å². The first-order chi connectivity index (χ1) is 13.0. The maximum atomic E-state index is 13.1. The molecule has 1 aromatic rings. The summed E-state index contributed by atoms with van der Waals surface area (Å²) in [4.78, 5) is 15.4. The number of carbonyl (C=O) groups excluding carboxylic acids is 1. The number of rotatable bonds is 4. The highest BCUT2D eigenvalue weighted by atomic mass is 32.2. The maximum Gasteiger partial charge on any atom is 0.254 e. The lowest BCUT2D eigenvalue weighted by atomic mass is 10.0. The third kappa shape index (κ3) is 3.66. The van der Waals surface area contributed by atoms with Crippen molar-refractivity contribution in [3.63, 3.8) is 0 Å². The molecule has 0 aliphatic carbocycles. The van der Waals surface area contributed by atoms with Crippen molar-refractivity contribution in [1.82, 2.24) is 9.21 Å². The topological polar surface area (TPSA) is 57.7 Å². The van der Waals surface area contributed by atoms with Crippen LogP contribution < -0.4 is 0 Å². The Balaban J connectivity index is 1.50. The number of piperidine rings is 2. The largest absolute Gasteiger partial charge is 0.333 e. The van der Waals surface area contributed by atoms with Gasteiger partial charge in [0, 0.05) is 36.0 Å². The van der Waals surface area contributed by atoms with E-state index >= 15 is 0 Å². The summed E-state index contributed by atoms with van der Waals surface area (Å²) in [6.07, 6.45) is 9.42. The van der Waals surface area contributed by atoms with Gasteiger partial charge in [-0.3, -0.25) is 4.79 Å². The van der Waals surface area contributed by atoms with Crippen molar-refractivity contribution in [2.45, 2.75) is 67.2 Å². The molecule has 148 valence electrons. The van der Waals surface area contributed by atoms with E-state index in [0.29, 0.717) is 40.9 Å². The molecule has 3 aliphatic heterocycles. The Labute approximate surface area is 166 Å². The second-order valence-electron chi connectivity index (χ2n) is 7.92. The summed E-state index contributed by atoms with van der Waals surface area (Å²) in [7, 11) is -3.44. The zero-order valence-electron chi connectivity index (χ0n) is 15.8. The molecule has 0 spiro atoms. The van der Waals surface area contributed by atoms with Crippen LogP contribution in [0.1, 0.15) is 55.3 Å².